The van der Waals surface area contributed by atoms with Crippen LogP contribution in [0.4, 0.5) is 14.5 Å². The number of hydrogen-bond acceptors (Lipinski definition) is 2. The maximum Gasteiger partial charge on any atom is 0.265 e. The number of nitrogens with two attached hydrogens (primary N) is 1. The summed E-state index contributed by atoms with van der Waals surface area (Å²) in [5.74, 6) is -2.68. The summed E-state index contributed by atoms with van der Waals surface area (Å²) in [6.07, 6.45) is 2.31. The van der Waals surface area contributed by atoms with E-state index in [1.165, 1.54) is 4.90 Å². The highest BCUT2D eigenvalue weighted by Gasteiger charge is 2.38. The lowest BCUT2D eigenvalue weighted by atomic mass is 9.99. The minimum absolute atomic E-state index is 0.131. The number of anilines is 1. The maximum absolute atomic E-state index is 13.5. The first kappa shape index (κ1) is 13.3. The lowest BCUT2D eigenvalue weighted by molar-refractivity contribution is -0.0560. The normalized spacial score (nSPS) is 21.8. The molecule has 1 heterocycles. The average Bonchev–Trinajstić information content (AvgIpc) is 3.21. The van der Waals surface area contributed by atoms with Crippen molar-refractivity contribution in [3.8, 4) is 0 Å². The predicted molar refractivity (Wildman–Crippen MR) is 72.9 cm³/mol. The van der Waals surface area contributed by atoms with E-state index in [1.807, 2.05) is 6.07 Å². The molecule has 2 fully saturated rings. The quantitative estimate of drug-likeness (QED) is 0.846. The van der Waals surface area contributed by atoms with Crippen LogP contribution in [-0.2, 0) is 0 Å². The molecule has 1 saturated carbocycles. The zero-order valence-corrected chi connectivity index (χ0v) is 11.2. The fraction of sp³-hybridized carbons (Fsp3) is 0.533. The van der Waals surface area contributed by atoms with Gasteiger partial charge in [0, 0.05) is 24.2 Å². The van der Waals surface area contributed by atoms with Gasteiger partial charge in [0.1, 0.15) is 0 Å². The lowest BCUT2D eigenvalue weighted by Crippen LogP contribution is -2.45. The van der Waals surface area contributed by atoms with Gasteiger partial charge in [-0.25, -0.2) is 8.78 Å². The van der Waals surface area contributed by atoms with Gasteiger partial charge >= 0.3 is 0 Å². The Morgan fingerprint density at radius 3 is 2.75 bits per heavy atom. The molecule has 20 heavy (non-hydrogen) atoms. The van der Waals surface area contributed by atoms with Crippen LogP contribution in [0.5, 0.6) is 0 Å². The Labute approximate surface area is 116 Å². The molecule has 0 unspecified atom stereocenters. The van der Waals surface area contributed by atoms with Crippen molar-refractivity contribution in [2.24, 2.45) is 0 Å². The van der Waals surface area contributed by atoms with Crippen LogP contribution in [0, 0.1) is 0 Å². The summed E-state index contributed by atoms with van der Waals surface area (Å²) >= 11 is 0. The molecule has 2 aliphatic rings. The molecule has 1 aliphatic heterocycles. The molecule has 1 aromatic carbocycles. The minimum atomic E-state index is -2.76. The second-order valence-corrected chi connectivity index (χ2v) is 5.81. The number of nitrogen functional groups attached to an aromatic ring is 1. The second-order valence-electron chi connectivity index (χ2n) is 5.81. The molecule has 2 N–H and O–H groups in total. The van der Waals surface area contributed by atoms with Crippen LogP contribution in [0.15, 0.2) is 18.2 Å². The number of halogens is 2. The standard InChI is InChI=1S/C15H18F2N2O/c16-15(17)6-1-7-19(9-15)14(20)12-5-4-11(18)8-13(12)10-2-3-10/h4-5,8,10H,1-3,6-7,9,18H2. The van der Waals surface area contributed by atoms with Crippen LogP contribution in [0.2, 0.25) is 0 Å². The third-order valence-electron chi connectivity index (χ3n) is 4.00. The zero-order valence-electron chi connectivity index (χ0n) is 11.2. The molecule has 0 spiro atoms. The van der Waals surface area contributed by atoms with Crippen LogP contribution in [0.25, 0.3) is 0 Å². The van der Waals surface area contributed by atoms with E-state index in [4.69, 9.17) is 5.73 Å². The smallest absolute Gasteiger partial charge is 0.265 e. The number of likely N-dealkylation sites (tertiary alicyclic amines) is 1. The maximum atomic E-state index is 13.5. The van der Waals surface area contributed by atoms with E-state index in [1.54, 1.807) is 12.1 Å². The Kier molecular flexibility index (Phi) is 3.15. The Hall–Kier alpha value is -1.65. The van der Waals surface area contributed by atoms with Crippen LogP contribution < -0.4 is 5.73 Å². The molecule has 1 aromatic rings. The molecule has 0 radical (unpaired) electrons. The largest absolute Gasteiger partial charge is 0.399 e. The van der Waals surface area contributed by atoms with Crippen LogP contribution in [-0.4, -0.2) is 29.8 Å². The van der Waals surface area contributed by atoms with Crippen molar-refractivity contribution in [2.45, 2.75) is 37.5 Å². The van der Waals surface area contributed by atoms with Gasteiger partial charge in [0.25, 0.3) is 11.8 Å². The van der Waals surface area contributed by atoms with E-state index in [9.17, 15) is 13.6 Å². The second kappa shape index (κ2) is 4.72. The summed E-state index contributed by atoms with van der Waals surface area (Å²) in [4.78, 5) is 13.8. The monoisotopic (exact) mass is 280 g/mol. The minimum Gasteiger partial charge on any atom is -0.399 e. The zero-order chi connectivity index (χ0) is 14.3. The van der Waals surface area contributed by atoms with Gasteiger partial charge in [-0.2, -0.15) is 0 Å². The first-order valence-electron chi connectivity index (χ1n) is 7.03. The van der Waals surface area contributed by atoms with Crippen LogP contribution >= 0.6 is 0 Å². The molecule has 0 atom stereocenters. The third-order valence-corrected chi connectivity index (χ3v) is 4.00. The summed E-state index contributed by atoms with van der Waals surface area (Å²) in [5, 5.41) is 0. The first-order valence-corrected chi connectivity index (χ1v) is 7.03. The molecule has 3 nitrogen and oxygen atoms in total. The molecule has 3 rings (SSSR count). The first-order chi connectivity index (χ1) is 9.46. The molecule has 0 bridgehead atoms. The van der Waals surface area contributed by atoms with Crippen LogP contribution in [0.1, 0.15) is 47.5 Å². The van der Waals surface area contributed by atoms with Gasteiger partial charge in [0.05, 0.1) is 6.54 Å². The molecule has 1 saturated heterocycles. The number of nitrogens with zero attached hydrogens (tertiary/aromatic N) is 1. The Balaban J connectivity index is 1.87. The van der Waals surface area contributed by atoms with Crippen LogP contribution in [0.3, 0.4) is 0 Å². The van der Waals surface area contributed by atoms with Crippen molar-refractivity contribution in [1.29, 1.82) is 0 Å². The molecule has 1 aliphatic carbocycles. The number of alkyl halides is 2. The highest BCUT2D eigenvalue weighted by atomic mass is 19.3. The highest BCUT2D eigenvalue weighted by Crippen LogP contribution is 2.42. The number of amides is 1. The average molecular weight is 280 g/mol. The third kappa shape index (κ3) is 2.62. The van der Waals surface area contributed by atoms with Crippen molar-refractivity contribution in [1.82, 2.24) is 4.90 Å². The van der Waals surface area contributed by atoms with Gasteiger partial charge in [0.2, 0.25) is 0 Å². The van der Waals surface area contributed by atoms with Gasteiger partial charge in [-0.1, -0.05) is 0 Å². The van der Waals surface area contributed by atoms with E-state index in [-0.39, 0.29) is 12.3 Å². The molecule has 5 heteroatoms. The molecular weight excluding hydrogens is 262 g/mol. The molecule has 0 aromatic heterocycles. The van der Waals surface area contributed by atoms with Gasteiger partial charge in [-0.05, 0) is 48.9 Å². The van der Waals surface area contributed by atoms with Crippen molar-refractivity contribution in [3.05, 3.63) is 29.3 Å². The summed E-state index contributed by atoms with van der Waals surface area (Å²) in [5.41, 5.74) is 7.85. The van der Waals surface area contributed by atoms with Gasteiger partial charge in [-0.15, -0.1) is 0 Å². The Morgan fingerprint density at radius 1 is 1.35 bits per heavy atom. The number of carbonyl (C=O) groups is 1. The van der Waals surface area contributed by atoms with E-state index in [0.717, 1.165) is 18.4 Å². The summed E-state index contributed by atoms with van der Waals surface area (Å²) in [6.45, 7) is -0.0662. The number of rotatable bonds is 2. The topological polar surface area (TPSA) is 46.3 Å². The van der Waals surface area contributed by atoms with Crippen molar-refractivity contribution in [2.75, 3.05) is 18.8 Å². The molecular formula is C15H18F2N2O. The van der Waals surface area contributed by atoms with E-state index >= 15 is 0 Å². The van der Waals surface area contributed by atoms with Gasteiger partial charge in [0.15, 0.2) is 0 Å². The Morgan fingerprint density at radius 2 is 2.10 bits per heavy atom. The Bertz CT molecular complexity index is 541. The summed E-state index contributed by atoms with van der Waals surface area (Å²) in [6, 6.07) is 5.16. The van der Waals surface area contributed by atoms with Gasteiger partial charge < -0.3 is 10.6 Å². The molecule has 1 amide bonds. The van der Waals surface area contributed by atoms with Gasteiger partial charge in [-0.3, -0.25) is 4.79 Å². The van der Waals surface area contributed by atoms with Crippen molar-refractivity contribution in [3.63, 3.8) is 0 Å². The number of hydrogen-bond donors (Lipinski definition) is 1. The highest BCUT2D eigenvalue weighted by molar-refractivity contribution is 5.96. The van der Waals surface area contributed by atoms with E-state index in [2.05, 4.69) is 0 Å². The van der Waals surface area contributed by atoms with Crippen molar-refractivity contribution >= 4 is 11.6 Å². The summed E-state index contributed by atoms with van der Waals surface area (Å²) < 4.78 is 26.9. The number of piperidine rings is 1. The van der Waals surface area contributed by atoms with E-state index < -0.39 is 12.5 Å². The number of benzene rings is 1. The fourth-order valence-corrected chi connectivity index (χ4v) is 2.82. The fourth-order valence-electron chi connectivity index (χ4n) is 2.82. The lowest BCUT2D eigenvalue weighted by Gasteiger charge is -2.33. The number of carbonyl (C=O) groups excluding carboxylic acids is 1. The van der Waals surface area contributed by atoms with E-state index in [0.29, 0.717) is 30.1 Å². The van der Waals surface area contributed by atoms with Crippen molar-refractivity contribution < 1.29 is 13.6 Å². The summed E-state index contributed by atoms with van der Waals surface area (Å²) in [7, 11) is 0. The molecule has 108 valence electrons. The predicted octanol–water partition coefficient (Wildman–Crippen LogP) is 3.02. The SMILES string of the molecule is Nc1ccc(C(=O)N2CCCC(F)(F)C2)c(C2CC2)c1.